The van der Waals surface area contributed by atoms with Crippen LogP contribution < -0.4 is 0 Å². The van der Waals surface area contributed by atoms with Crippen molar-refractivity contribution in [3.8, 4) is 0 Å². The van der Waals surface area contributed by atoms with Gasteiger partial charge in [0.15, 0.2) is 0 Å². The normalized spacial score (nSPS) is 18.9. The molecule has 0 saturated carbocycles. The number of halogens is 1. The summed E-state index contributed by atoms with van der Waals surface area (Å²) >= 11 is 3.59. The SMILES string of the molecule is Brc1cccc(C2CCCN2CCCCCn2cccn2)c1. The molecule has 1 atom stereocenters. The van der Waals surface area contributed by atoms with E-state index in [4.69, 9.17) is 0 Å². The van der Waals surface area contributed by atoms with Gasteiger partial charge in [-0.15, -0.1) is 0 Å². The number of rotatable bonds is 7. The second-order valence-corrected chi connectivity index (χ2v) is 6.99. The molecule has 1 aromatic heterocycles. The number of hydrogen-bond donors (Lipinski definition) is 0. The summed E-state index contributed by atoms with van der Waals surface area (Å²) in [6.45, 7) is 3.51. The van der Waals surface area contributed by atoms with Crippen LogP contribution in [0.2, 0.25) is 0 Å². The minimum absolute atomic E-state index is 0.614. The van der Waals surface area contributed by atoms with E-state index >= 15 is 0 Å². The Morgan fingerprint density at radius 2 is 2.05 bits per heavy atom. The lowest BCUT2D eigenvalue weighted by Crippen LogP contribution is -2.24. The zero-order valence-electron chi connectivity index (χ0n) is 13.0. The fraction of sp³-hybridized carbons (Fsp3) is 0.500. The molecule has 22 heavy (non-hydrogen) atoms. The molecular weight excluding hydrogens is 338 g/mol. The molecule has 1 saturated heterocycles. The fourth-order valence-corrected chi connectivity index (χ4v) is 3.80. The standard InChI is InChI=1S/C18H24BrN3/c19-17-8-4-7-16(15-17)18-9-5-12-21(18)11-2-1-3-13-22-14-6-10-20-22/h4,6-8,10,14-15,18H,1-3,5,9,11-13H2. The molecule has 118 valence electrons. The monoisotopic (exact) mass is 361 g/mol. The van der Waals surface area contributed by atoms with Crippen LogP contribution in [0.25, 0.3) is 0 Å². The van der Waals surface area contributed by atoms with Gasteiger partial charge in [-0.05, 0) is 62.5 Å². The first-order valence-corrected chi connectivity index (χ1v) is 9.09. The van der Waals surface area contributed by atoms with E-state index in [1.807, 2.05) is 23.1 Å². The summed E-state index contributed by atoms with van der Waals surface area (Å²) < 4.78 is 3.22. The van der Waals surface area contributed by atoms with Crippen LogP contribution in [0.1, 0.15) is 43.7 Å². The van der Waals surface area contributed by atoms with Crippen molar-refractivity contribution in [2.75, 3.05) is 13.1 Å². The zero-order valence-corrected chi connectivity index (χ0v) is 14.6. The maximum atomic E-state index is 4.25. The van der Waals surface area contributed by atoms with Gasteiger partial charge in [0, 0.05) is 29.5 Å². The number of hydrogen-bond acceptors (Lipinski definition) is 2. The summed E-state index contributed by atoms with van der Waals surface area (Å²) in [6, 6.07) is 11.4. The van der Waals surface area contributed by atoms with Gasteiger partial charge in [-0.1, -0.05) is 34.5 Å². The maximum Gasteiger partial charge on any atom is 0.0489 e. The lowest BCUT2D eigenvalue weighted by Gasteiger charge is -2.25. The van der Waals surface area contributed by atoms with Crippen LogP contribution in [0.3, 0.4) is 0 Å². The third-order valence-corrected chi connectivity index (χ3v) is 4.98. The molecule has 0 N–H and O–H groups in total. The first-order chi connectivity index (χ1) is 10.8. The van der Waals surface area contributed by atoms with Gasteiger partial charge in [0.05, 0.1) is 0 Å². The van der Waals surface area contributed by atoms with Crippen LogP contribution in [0.4, 0.5) is 0 Å². The highest BCUT2D eigenvalue weighted by Crippen LogP contribution is 2.33. The molecule has 4 heteroatoms. The Kier molecular flexibility index (Phi) is 5.68. The van der Waals surface area contributed by atoms with Gasteiger partial charge in [-0.2, -0.15) is 5.10 Å². The number of likely N-dealkylation sites (tertiary alicyclic amines) is 1. The molecule has 2 aromatic rings. The van der Waals surface area contributed by atoms with Gasteiger partial charge in [-0.25, -0.2) is 0 Å². The first kappa shape index (κ1) is 15.8. The third-order valence-electron chi connectivity index (χ3n) is 4.49. The number of aromatic nitrogens is 2. The highest BCUT2D eigenvalue weighted by molar-refractivity contribution is 9.10. The largest absolute Gasteiger partial charge is 0.296 e. The molecule has 3 rings (SSSR count). The predicted molar refractivity (Wildman–Crippen MR) is 93.8 cm³/mol. The van der Waals surface area contributed by atoms with Gasteiger partial charge < -0.3 is 0 Å². The van der Waals surface area contributed by atoms with E-state index in [-0.39, 0.29) is 0 Å². The van der Waals surface area contributed by atoms with E-state index in [0.29, 0.717) is 6.04 Å². The van der Waals surface area contributed by atoms with E-state index in [1.54, 1.807) is 0 Å². The molecule has 0 bridgehead atoms. The van der Waals surface area contributed by atoms with Gasteiger partial charge in [0.25, 0.3) is 0 Å². The van der Waals surface area contributed by atoms with Crippen LogP contribution in [-0.4, -0.2) is 27.8 Å². The first-order valence-electron chi connectivity index (χ1n) is 8.30. The van der Waals surface area contributed by atoms with Crippen molar-refractivity contribution in [3.63, 3.8) is 0 Å². The molecule has 1 fully saturated rings. The minimum Gasteiger partial charge on any atom is -0.296 e. The van der Waals surface area contributed by atoms with Crippen molar-refractivity contribution in [1.29, 1.82) is 0 Å². The van der Waals surface area contributed by atoms with Gasteiger partial charge in [0.1, 0.15) is 0 Å². The average molecular weight is 362 g/mol. The average Bonchev–Trinajstić information content (AvgIpc) is 3.18. The molecule has 3 nitrogen and oxygen atoms in total. The summed E-state index contributed by atoms with van der Waals surface area (Å²) in [6.07, 6.45) is 10.3. The Morgan fingerprint density at radius 1 is 1.14 bits per heavy atom. The van der Waals surface area contributed by atoms with Crippen molar-refractivity contribution in [1.82, 2.24) is 14.7 Å². The highest BCUT2D eigenvalue weighted by Gasteiger charge is 2.25. The number of benzene rings is 1. The van der Waals surface area contributed by atoms with Gasteiger partial charge in [-0.3, -0.25) is 9.58 Å². The topological polar surface area (TPSA) is 21.1 Å². The van der Waals surface area contributed by atoms with Crippen LogP contribution in [-0.2, 0) is 6.54 Å². The second-order valence-electron chi connectivity index (χ2n) is 6.08. The summed E-state index contributed by atoms with van der Waals surface area (Å²) in [7, 11) is 0. The van der Waals surface area contributed by atoms with Crippen LogP contribution in [0.5, 0.6) is 0 Å². The molecule has 0 amide bonds. The molecule has 0 radical (unpaired) electrons. The molecule has 1 aliphatic rings. The van der Waals surface area contributed by atoms with E-state index in [1.165, 1.54) is 55.2 Å². The summed E-state index contributed by atoms with van der Waals surface area (Å²) in [5, 5.41) is 4.25. The van der Waals surface area contributed by atoms with Crippen molar-refractivity contribution < 1.29 is 0 Å². The lowest BCUT2D eigenvalue weighted by molar-refractivity contribution is 0.250. The fourth-order valence-electron chi connectivity index (χ4n) is 3.38. The van der Waals surface area contributed by atoms with Crippen molar-refractivity contribution >= 4 is 15.9 Å². The summed E-state index contributed by atoms with van der Waals surface area (Å²) in [5.74, 6) is 0. The number of nitrogens with zero attached hydrogens (tertiary/aromatic N) is 3. The third kappa shape index (κ3) is 4.20. The van der Waals surface area contributed by atoms with Crippen molar-refractivity contribution in [2.24, 2.45) is 0 Å². The van der Waals surface area contributed by atoms with E-state index < -0.39 is 0 Å². The lowest BCUT2D eigenvalue weighted by atomic mass is 10.0. The number of unbranched alkanes of at least 4 members (excludes halogenated alkanes) is 2. The van der Waals surface area contributed by atoms with E-state index in [9.17, 15) is 0 Å². The van der Waals surface area contributed by atoms with E-state index in [0.717, 1.165) is 6.54 Å². The Morgan fingerprint density at radius 3 is 2.86 bits per heavy atom. The smallest absolute Gasteiger partial charge is 0.0489 e. The molecule has 2 heterocycles. The maximum absolute atomic E-state index is 4.25. The van der Waals surface area contributed by atoms with Crippen LogP contribution in [0.15, 0.2) is 47.2 Å². The number of aryl methyl sites for hydroxylation is 1. The Balaban J connectivity index is 1.43. The zero-order chi connectivity index (χ0) is 15.2. The summed E-state index contributed by atoms with van der Waals surface area (Å²) in [5.41, 5.74) is 1.46. The van der Waals surface area contributed by atoms with Gasteiger partial charge in [0.2, 0.25) is 0 Å². The molecular formula is C18H24BrN3. The molecule has 1 unspecified atom stereocenters. The Hall–Kier alpha value is -1.13. The molecule has 1 aliphatic heterocycles. The molecule has 0 aliphatic carbocycles. The minimum atomic E-state index is 0.614. The summed E-state index contributed by atoms with van der Waals surface area (Å²) in [4.78, 5) is 2.66. The highest BCUT2D eigenvalue weighted by atomic mass is 79.9. The second kappa shape index (κ2) is 7.93. The predicted octanol–water partition coefficient (Wildman–Crippen LogP) is 4.65. The van der Waals surface area contributed by atoms with Crippen molar-refractivity contribution in [3.05, 3.63) is 52.8 Å². The van der Waals surface area contributed by atoms with E-state index in [2.05, 4.69) is 50.2 Å². The Labute approximate surface area is 141 Å². The van der Waals surface area contributed by atoms with Crippen LogP contribution >= 0.6 is 15.9 Å². The van der Waals surface area contributed by atoms with Gasteiger partial charge >= 0.3 is 0 Å². The van der Waals surface area contributed by atoms with Crippen LogP contribution in [0, 0.1) is 0 Å². The molecule has 0 spiro atoms. The van der Waals surface area contributed by atoms with Crippen molar-refractivity contribution in [2.45, 2.75) is 44.7 Å². The Bertz CT molecular complexity index is 567. The molecule has 1 aromatic carbocycles. The quantitative estimate of drug-likeness (QED) is 0.669.